The van der Waals surface area contributed by atoms with Gasteiger partial charge in [-0.2, -0.15) is 0 Å². The van der Waals surface area contributed by atoms with Crippen molar-refractivity contribution in [3.63, 3.8) is 0 Å². The normalized spacial score (nSPS) is 11.9. The average molecular weight is 340 g/mol. The highest BCUT2D eigenvalue weighted by atomic mass is 16.5. The van der Waals surface area contributed by atoms with Crippen molar-refractivity contribution in [2.24, 2.45) is 0 Å². The number of ether oxygens (including phenoxy) is 1. The summed E-state index contributed by atoms with van der Waals surface area (Å²) in [4.78, 5) is 24.7. The lowest BCUT2D eigenvalue weighted by molar-refractivity contribution is -0.153. The van der Waals surface area contributed by atoms with E-state index < -0.39 is 12.1 Å². The quantitative estimate of drug-likeness (QED) is 0.644. The molecule has 132 valence electrons. The number of rotatable bonds is 6. The third-order valence-corrected chi connectivity index (χ3v) is 4.24. The number of carbonyl (C=O) groups is 2. The minimum absolute atomic E-state index is 0.131. The molecule has 0 heterocycles. The Balaban J connectivity index is 2.34. The van der Waals surface area contributed by atoms with E-state index in [1.807, 2.05) is 20.8 Å². The van der Waals surface area contributed by atoms with Crippen LogP contribution in [-0.2, 0) is 16.0 Å². The number of hydrogen-bond acceptors (Lipinski definition) is 4. The number of aliphatic hydroxyl groups is 1. The molecule has 0 aliphatic rings. The van der Waals surface area contributed by atoms with Gasteiger partial charge in [-0.1, -0.05) is 42.0 Å². The summed E-state index contributed by atoms with van der Waals surface area (Å²) in [7, 11) is 0. The van der Waals surface area contributed by atoms with E-state index in [1.54, 1.807) is 31.2 Å². The van der Waals surface area contributed by atoms with Gasteiger partial charge in [0.05, 0.1) is 6.61 Å². The first-order valence-electron chi connectivity index (χ1n) is 8.38. The maximum absolute atomic E-state index is 12.8. The fourth-order valence-electron chi connectivity index (χ4n) is 3.08. The van der Waals surface area contributed by atoms with Gasteiger partial charge in [0.1, 0.15) is 0 Å². The summed E-state index contributed by atoms with van der Waals surface area (Å²) in [6.45, 7) is 7.85. The molecular weight excluding hydrogens is 316 g/mol. The summed E-state index contributed by atoms with van der Waals surface area (Å²) in [5.41, 5.74) is 4.90. The van der Waals surface area contributed by atoms with Gasteiger partial charge in [-0.3, -0.25) is 4.79 Å². The van der Waals surface area contributed by atoms with Gasteiger partial charge in [-0.15, -0.1) is 0 Å². The van der Waals surface area contributed by atoms with Crippen LogP contribution >= 0.6 is 0 Å². The van der Waals surface area contributed by atoms with Crippen LogP contribution in [0.1, 0.15) is 51.2 Å². The van der Waals surface area contributed by atoms with Crippen molar-refractivity contribution in [2.75, 3.05) is 6.61 Å². The molecule has 2 aromatic rings. The van der Waals surface area contributed by atoms with Crippen LogP contribution in [0.5, 0.6) is 0 Å². The van der Waals surface area contributed by atoms with E-state index in [0.29, 0.717) is 5.56 Å². The van der Waals surface area contributed by atoms with Crippen LogP contribution in [0.4, 0.5) is 0 Å². The Morgan fingerprint density at radius 2 is 1.68 bits per heavy atom. The fraction of sp³-hybridized carbons (Fsp3) is 0.333. The van der Waals surface area contributed by atoms with Gasteiger partial charge < -0.3 is 9.84 Å². The summed E-state index contributed by atoms with van der Waals surface area (Å²) in [5, 5.41) is 10.2. The predicted octanol–water partition coefficient (Wildman–Crippen LogP) is 3.63. The highest BCUT2D eigenvalue weighted by Gasteiger charge is 2.24. The molecule has 4 heteroatoms. The topological polar surface area (TPSA) is 63.6 Å². The van der Waals surface area contributed by atoms with Gasteiger partial charge in [-0.25, -0.2) is 4.79 Å². The zero-order chi connectivity index (χ0) is 18.6. The van der Waals surface area contributed by atoms with Crippen molar-refractivity contribution in [1.29, 1.82) is 0 Å². The Labute approximate surface area is 148 Å². The number of benzene rings is 2. The van der Waals surface area contributed by atoms with Crippen molar-refractivity contribution in [3.05, 3.63) is 69.8 Å². The number of aliphatic hydroxyl groups excluding tert-OH is 1. The second-order valence-corrected chi connectivity index (χ2v) is 6.22. The molecule has 0 radical (unpaired) electrons. The molecule has 0 aliphatic carbocycles. The molecule has 1 atom stereocenters. The van der Waals surface area contributed by atoms with Crippen molar-refractivity contribution in [3.8, 4) is 0 Å². The van der Waals surface area contributed by atoms with E-state index >= 15 is 0 Å². The molecule has 2 rings (SSSR count). The maximum atomic E-state index is 12.8. The second kappa shape index (κ2) is 8.08. The Morgan fingerprint density at radius 3 is 2.28 bits per heavy atom. The number of ketones is 1. The summed E-state index contributed by atoms with van der Waals surface area (Å²) < 4.78 is 4.86. The molecule has 0 amide bonds. The van der Waals surface area contributed by atoms with E-state index in [2.05, 4.69) is 12.1 Å². The third kappa shape index (κ3) is 4.34. The van der Waals surface area contributed by atoms with Crippen molar-refractivity contribution < 1.29 is 19.4 Å². The van der Waals surface area contributed by atoms with Crippen LogP contribution in [0.2, 0.25) is 0 Å². The molecule has 4 nitrogen and oxygen atoms in total. The Bertz CT molecular complexity index is 769. The molecule has 0 fully saturated rings. The minimum Gasteiger partial charge on any atom is -0.464 e. The number of carbonyl (C=O) groups excluding carboxylic acids is 2. The maximum Gasteiger partial charge on any atom is 0.339 e. The summed E-state index contributed by atoms with van der Waals surface area (Å²) in [6, 6.07) is 10.7. The van der Waals surface area contributed by atoms with Crippen LogP contribution in [0.25, 0.3) is 0 Å². The molecule has 1 unspecified atom stereocenters. The number of esters is 1. The Morgan fingerprint density at radius 1 is 1.08 bits per heavy atom. The van der Waals surface area contributed by atoms with Gasteiger partial charge >= 0.3 is 5.97 Å². The Hall–Kier alpha value is -2.46. The smallest absolute Gasteiger partial charge is 0.339 e. The average Bonchev–Trinajstić information content (AvgIpc) is 2.57. The van der Waals surface area contributed by atoms with Crippen LogP contribution < -0.4 is 0 Å². The predicted molar refractivity (Wildman–Crippen MR) is 96.7 cm³/mol. The zero-order valence-electron chi connectivity index (χ0n) is 15.1. The molecule has 2 aromatic carbocycles. The highest BCUT2D eigenvalue weighted by Crippen LogP contribution is 2.23. The standard InChI is InChI=1S/C21H24O4/c1-5-25-21(24)20(23)17-9-7-6-8-16(17)19(22)12-18-14(3)10-13(2)11-15(18)4/h6-11,20,23H,5,12H2,1-4H3. The van der Waals surface area contributed by atoms with E-state index in [9.17, 15) is 14.7 Å². The van der Waals surface area contributed by atoms with Gasteiger partial charge in [0.25, 0.3) is 0 Å². The van der Waals surface area contributed by atoms with Gasteiger partial charge in [0.15, 0.2) is 11.9 Å². The molecule has 25 heavy (non-hydrogen) atoms. The third-order valence-electron chi connectivity index (χ3n) is 4.24. The summed E-state index contributed by atoms with van der Waals surface area (Å²) in [6.07, 6.45) is -1.23. The van der Waals surface area contributed by atoms with E-state index in [1.165, 1.54) is 0 Å². The van der Waals surface area contributed by atoms with Crippen molar-refractivity contribution in [1.82, 2.24) is 0 Å². The molecular formula is C21H24O4. The molecule has 0 aromatic heterocycles. The van der Waals surface area contributed by atoms with Gasteiger partial charge in [0.2, 0.25) is 0 Å². The summed E-state index contributed by atoms with van der Waals surface area (Å²) in [5.74, 6) is -0.876. The van der Waals surface area contributed by atoms with Crippen LogP contribution in [0.15, 0.2) is 36.4 Å². The van der Waals surface area contributed by atoms with E-state index in [0.717, 1.165) is 22.3 Å². The first kappa shape index (κ1) is 18.9. The number of aryl methyl sites for hydroxylation is 3. The van der Waals surface area contributed by atoms with Crippen LogP contribution in [0, 0.1) is 20.8 Å². The first-order chi connectivity index (χ1) is 11.8. The number of Topliss-reactive ketones (excluding diaryl/α,β-unsaturated/α-hetero) is 1. The highest BCUT2D eigenvalue weighted by molar-refractivity contribution is 6.00. The zero-order valence-corrected chi connectivity index (χ0v) is 15.1. The van der Waals surface area contributed by atoms with Crippen molar-refractivity contribution in [2.45, 2.75) is 40.2 Å². The summed E-state index contributed by atoms with van der Waals surface area (Å²) >= 11 is 0. The van der Waals surface area contributed by atoms with E-state index in [-0.39, 0.29) is 24.4 Å². The number of hydrogen-bond donors (Lipinski definition) is 1. The second-order valence-electron chi connectivity index (χ2n) is 6.22. The molecule has 0 bridgehead atoms. The monoisotopic (exact) mass is 340 g/mol. The molecule has 0 saturated carbocycles. The lowest BCUT2D eigenvalue weighted by atomic mass is 9.91. The Kier molecular flexibility index (Phi) is 6.10. The molecule has 0 aliphatic heterocycles. The van der Waals surface area contributed by atoms with Gasteiger partial charge in [0, 0.05) is 17.5 Å². The SMILES string of the molecule is CCOC(=O)C(O)c1ccccc1C(=O)Cc1c(C)cc(C)cc1C. The minimum atomic E-state index is -1.46. The van der Waals surface area contributed by atoms with E-state index in [4.69, 9.17) is 4.74 Å². The molecule has 0 saturated heterocycles. The van der Waals surface area contributed by atoms with Crippen molar-refractivity contribution >= 4 is 11.8 Å². The first-order valence-corrected chi connectivity index (χ1v) is 8.38. The van der Waals surface area contributed by atoms with Crippen LogP contribution in [-0.4, -0.2) is 23.5 Å². The molecule has 0 spiro atoms. The lowest BCUT2D eigenvalue weighted by Gasteiger charge is -2.15. The fourth-order valence-corrected chi connectivity index (χ4v) is 3.08. The van der Waals surface area contributed by atoms with Gasteiger partial charge in [-0.05, 0) is 44.4 Å². The molecule has 1 N–H and O–H groups in total. The largest absolute Gasteiger partial charge is 0.464 e. The van der Waals surface area contributed by atoms with Crippen LogP contribution in [0.3, 0.4) is 0 Å². The lowest BCUT2D eigenvalue weighted by Crippen LogP contribution is -2.19.